The van der Waals surface area contributed by atoms with Crippen LogP contribution in [-0.4, -0.2) is 48.0 Å². The number of hydrogen-bond donors (Lipinski definition) is 2. The third kappa shape index (κ3) is 6.14. The van der Waals surface area contributed by atoms with E-state index in [1.165, 1.54) is 0 Å². The quantitative estimate of drug-likeness (QED) is 0.530. The van der Waals surface area contributed by atoms with Crippen LogP contribution >= 0.6 is 0 Å². The molecule has 0 atom stereocenters. The number of carbonyl (C=O) groups is 2. The van der Waals surface area contributed by atoms with E-state index in [0.29, 0.717) is 19.0 Å². The van der Waals surface area contributed by atoms with Crippen molar-refractivity contribution in [3.8, 4) is 0 Å². The number of aromatic nitrogens is 1. The highest BCUT2D eigenvalue weighted by atomic mass is 16.5. The molecule has 0 aromatic carbocycles. The Bertz CT molecular complexity index is 425. The van der Waals surface area contributed by atoms with Crippen LogP contribution in [0.5, 0.6) is 0 Å². The third-order valence-electron chi connectivity index (χ3n) is 2.47. The van der Waals surface area contributed by atoms with Gasteiger partial charge in [-0.15, -0.1) is 0 Å². The molecule has 0 bridgehead atoms. The van der Waals surface area contributed by atoms with Crippen LogP contribution < -0.4 is 10.9 Å². The highest BCUT2D eigenvalue weighted by Crippen LogP contribution is 1.97. The molecule has 1 aromatic rings. The summed E-state index contributed by atoms with van der Waals surface area (Å²) in [5.41, 5.74) is 5.22. The van der Waals surface area contributed by atoms with Crippen LogP contribution in [0.4, 0.5) is 5.82 Å². The van der Waals surface area contributed by atoms with E-state index in [1.54, 1.807) is 36.2 Å². The van der Waals surface area contributed by atoms with Crippen LogP contribution in [0.25, 0.3) is 0 Å². The molecule has 0 fully saturated rings. The Balaban J connectivity index is 2.34. The molecule has 0 aliphatic carbocycles. The lowest BCUT2D eigenvalue weighted by Crippen LogP contribution is -2.42. The summed E-state index contributed by atoms with van der Waals surface area (Å²) in [6.45, 7) is 4.74. The number of nitrogens with one attached hydrogen (secondary N) is 2. The molecule has 0 unspecified atom stereocenters. The van der Waals surface area contributed by atoms with Gasteiger partial charge in [0.25, 0.3) is 5.91 Å². The first kappa shape index (κ1) is 15.9. The first-order valence-corrected chi connectivity index (χ1v) is 6.49. The Morgan fingerprint density at radius 2 is 2.10 bits per heavy atom. The zero-order chi connectivity index (χ0) is 14.8. The van der Waals surface area contributed by atoms with E-state index in [2.05, 4.69) is 15.8 Å². The van der Waals surface area contributed by atoms with E-state index in [1.807, 2.05) is 6.92 Å². The summed E-state index contributed by atoms with van der Waals surface area (Å²) in [5.74, 6) is -0.0315. The molecule has 1 heterocycles. The van der Waals surface area contributed by atoms with Crippen molar-refractivity contribution in [3.05, 3.63) is 24.4 Å². The van der Waals surface area contributed by atoms with E-state index in [-0.39, 0.29) is 25.0 Å². The van der Waals surface area contributed by atoms with Gasteiger partial charge in [0.15, 0.2) is 0 Å². The van der Waals surface area contributed by atoms with Crippen LogP contribution in [0, 0.1) is 0 Å². The second-order valence-corrected chi connectivity index (χ2v) is 4.00. The smallest absolute Gasteiger partial charge is 0.320 e. The van der Waals surface area contributed by atoms with Crippen molar-refractivity contribution >= 4 is 17.7 Å². The fourth-order valence-electron chi connectivity index (χ4n) is 1.48. The zero-order valence-electron chi connectivity index (χ0n) is 11.8. The standard InChI is InChI=1S/C13H20N4O3/c1-3-17(10-13(19)20-4-2)9-12(18)16-15-11-7-5-6-8-14-11/h5-8H,3-4,9-10H2,1-2H3,(H,14,15)(H,16,18). The first-order valence-electron chi connectivity index (χ1n) is 6.49. The first-order chi connectivity index (χ1) is 9.65. The molecule has 0 radical (unpaired) electrons. The van der Waals surface area contributed by atoms with Gasteiger partial charge in [-0.3, -0.25) is 25.3 Å². The van der Waals surface area contributed by atoms with Gasteiger partial charge in [0, 0.05) is 6.20 Å². The second-order valence-electron chi connectivity index (χ2n) is 4.00. The Kier molecular flexibility index (Phi) is 7.05. The van der Waals surface area contributed by atoms with Crippen LogP contribution in [0.15, 0.2) is 24.4 Å². The molecule has 7 heteroatoms. The minimum Gasteiger partial charge on any atom is -0.465 e. The average Bonchev–Trinajstić information content (AvgIpc) is 2.45. The molecular weight excluding hydrogens is 260 g/mol. The molecule has 20 heavy (non-hydrogen) atoms. The lowest BCUT2D eigenvalue weighted by atomic mass is 10.4. The Morgan fingerprint density at radius 1 is 1.30 bits per heavy atom. The van der Waals surface area contributed by atoms with Crippen molar-refractivity contribution in [1.82, 2.24) is 15.3 Å². The number of hydrogen-bond acceptors (Lipinski definition) is 6. The topological polar surface area (TPSA) is 83.6 Å². The summed E-state index contributed by atoms with van der Waals surface area (Å²) >= 11 is 0. The van der Waals surface area contributed by atoms with E-state index in [0.717, 1.165) is 0 Å². The molecule has 7 nitrogen and oxygen atoms in total. The van der Waals surface area contributed by atoms with Gasteiger partial charge in [0.05, 0.1) is 19.7 Å². The fraction of sp³-hybridized carbons (Fsp3) is 0.462. The number of carbonyl (C=O) groups excluding carboxylic acids is 2. The number of ether oxygens (including phenoxy) is 1. The summed E-state index contributed by atoms with van der Waals surface area (Å²) < 4.78 is 4.85. The van der Waals surface area contributed by atoms with Gasteiger partial charge in [-0.25, -0.2) is 4.98 Å². The highest BCUT2D eigenvalue weighted by molar-refractivity contribution is 5.80. The molecule has 0 aliphatic rings. The van der Waals surface area contributed by atoms with Crippen LogP contribution in [-0.2, 0) is 14.3 Å². The number of anilines is 1. The van der Waals surface area contributed by atoms with E-state index in [4.69, 9.17) is 4.74 Å². The van der Waals surface area contributed by atoms with Gasteiger partial charge in [-0.2, -0.15) is 0 Å². The number of hydrazine groups is 1. The molecule has 110 valence electrons. The van der Waals surface area contributed by atoms with Crippen LogP contribution in [0.3, 0.4) is 0 Å². The van der Waals surface area contributed by atoms with E-state index in [9.17, 15) is 9.59 Å². The Morgan fingerprint density at radius 3 is 2.70 bits per heavy atom. The maximum atomic E-state index is 11.7. The maximum Gasteiger partial charge on any atom is 0.320 e. The molecule has 0 saturated heterocycles. The number of nitrogens with zero attached hydrogens (tertiary/aromatic N) is 2. The van der Waals surface area contributed by atoms with Crippen molar-refractivity contribution in [1.29, 1.82) is 0 Å². The number of esters is 1. The highest BCUT2D eigenvalue weighted by Gasteiger charge is 2.13. The number of likely N-dealkylation sites (N-methyl/N-ethyl adjacent to an activating group) is 1. The Hall–Kier alpha value is -2.15. The zero-order valence-corrected chi connectivity index (χ0v) is 11.8. The minimum absolute atomic E-state index is 0.0986. The van der Waals surface area contributed by atoms with Crippen molar-refractivity contribution < 1.29 is 14.3 Å². The summed E-state index contributed by atoms with van der Waals surface area (Å²) in [6.07, 6.45) is 1.62. The van der Waals surface area contributed by atoms with Crippen LogP contribution in [0.2, 0.25) is 0 Å². The monoisotopic (exact) mass is 280 g/mol. The molecule has 1 rings (SSSR count). The molecule has 0 aliphatic heterocycles. The van der Waals surface area contributed by atoms with Gasteiger partial charge < -0.3 is 4.74 Å². The average molecular weight is 280 g/mol. The number of rotatable bonds is 8. The minimum atomic E-state index is -0.333. The molecular formula is C13H20N4O3. The molecule has 0 spiro atoms. The van der Waals surface area contributed by atoms with E-state index >= 15 is 0 Å². The lowest BCUT2D eigenvalue weighted by Gasteiger charge is -2.18. The SMILES string of the molecule is CCOC(=O)CN(CC)CC(=O)NNc1ccccn1. The second kappa shape index (κ2) is 8.87. The molecule has 1 amide bonds. The van der Waals surface area contributed by atoms with Gasteiger partial charge in [-0.1, -0.05) is 13.0 Å². The van der Waals surface area contributed by atoms with Gasteiger partial charge in [-0.05, 0) is 25.6 Å². The predicted molar refractivity (Wildman–Crippen MR) is 74.7 cm³/mol. The normalized spacial score (nSPS) is 10.2. The molecule has 1 aromatic heterocycles. The van der Waals surface area contributed by atoms with Gasteiger partial charge >= 0.3 is 5.97 Å². The molecule has 0 saturated carbocycles. The third-order valence-corrected chi connectivity index (χ3v) is 2.47. The fourth-order valence-corrected chi connectivity index (χ4v) is 1.48. The van der Waals surface area contributed by atoms with Gasteiger partial charge in [0.1, 0.15) is 5.82 Å². The lowest BCUT2D eigenvalue weighted by molar-refractivity contribution is -0.144. The maximum absolute atomic E-state index is 11.7. The summed E-state index contributed by atoms with van der Waals surface area (Å²) in [4.78, 5) is 28.8. The van der Waals surface area contributed by atoms with E-state index < -0.39 is 0 Å². The number of pyridine rings is 1. The summed E-state index contributed by atoms with van der Waals surface area (Å²) in [7, 11) is 0. The van der Waals surface area contributed by atoms with Crippen LogP contribution in [0.1, 0.15) is 13.8 Å². The summed E-state index contributed by atoms with van der Waals surface area (Å²) in [5, 5.41) is 0. The summed E-state index contributed by atoms with van der Waals surface area (Å²) in [6, 6.07) is 5.32. The van der Waals surface area contributed by atoms with Crippen molar-refractivity contribution in [2.45, 2.75) is 13.8 Å². The number of amides is 1. The van der Waals surface area contributed by atoms with Gasteiger partial charge in [0.2, 0.25) is 0 Å². The molecule has 2 N–H and O–H groups in total. The Labute approximate surface area is 118 Å². The van der Waals surface area contributed by atoms with Crippen molar-refractivity contribution in [3.63, 3.8) is 0 Å². The van der Waals surface area contributed by atoms with Crippen molar-refractivity contribution in [2.75, 3.05) is 31.7 Å². The predicted octanol–water partition coefficient (Wildman–Crippen LogP) is 0.410. The van der Waals surface area contributed by atoms with Crippen molar-refractivity contribution in [2.24, 2.45) is 0 Å². The largest absolute Gasteiger partial charge is 0.465 e.